The van der Waals surface area contributed by atoms with Crippen LogP contribution in [0.15, 0.2) is 18.2 Å². The highest BCUT2D eigenvalue weighted by Gasteiger charge is 2.10. The van der Waals surface area contributed by atoms with Gasteiger partial charge in [0.15, 0.2) is 0 Å². The highest BCUT2D eigenvalue weighted by atomic mass is 35.5. The van der Waals surface area contributed by atoms with Crippen LogP contribution < -0.4 is 11.5 Å². The largest absolute Gasteiger partial charge is 0.508 e. The quantitative estimate of drug-likeness (QED) is 0.691. The van der Waals surface area contributed by atoms with Crippen molar-refractivity contribution in [3.05, 3.63) is 28.8 Å². The van der Waals surface area contributed by atoms with E-state index in [1.54, 1.807) is 12.1 Å². The Bertz CT molecular complexity index is 291. The smallest absolute Gasteiger partial charge is 0.120 e. The van der Waals surface area contributed by atoms with E-state index in [1.807, 2.05) is 0 Å². The lowest BCUT2D eigenvalue weighted by Crippen LogP contribution is -2.15. The summed E-state index contributed by atoms with van der Waals surface area (Å²) in [5.41, 5.74) is 11.8. The van der Waals surface area contributed by atoms with E-state index in [2.05, 4.69) is 0 Å². The number of halogens is 1. The molecule has 4 heteroatoms. The van der Waals surface area contributed by atoms with Crippen LogP contribution in [0.1, 0.15) is 18.0 Å². The zero-order chi connectivity index (χ0) is 9.84. The summed E-state index contributed by atoms with van der Waals surface area (Å²) >= 11 is 5.76. The van der Waals surface area contributed by atoms with Crippen molar-refractivity contribution in [2.24, 2.45) is 11.5 Å². The van der Waals surface area contributed by atoms with E-state index >= 15 is 0 Å². The fourth-order valence-electron chi connectivity index (χ4n) is 1.16. The molecule has 0 amide bonds. The molecule has 0 spiro atoms. The number of hydrogen-bond acceptors (Lipinski definition) is 3. The molecule has 0 aliphatic heterocycles. The molecule has 0 aromatic heterocycles. The van der Waals surface area contributed by atoms with Gasteiger partial charge in [-0.15, -0.1) is 0 Å². The van der Waals surface area contributed by atoms with Crippen LogP contribution in [0.5, 0.6) is 5.75 Å². The third kappa shape index (κ3) is 2.59. The van der Waals surface area contributed by atoms with Gasteiger partial charge in [0.1, 0.15) is 5.75 Å². The van der Waals surface area contributed by atoms with E-state index in [0.717, 1.165) is 0 Å². The van der Waals surface area contributed by atoms with Gasteiger partial charge in [0.25, 0.3) is 0 Å². The summed E-state index contributed by atoms with van der Waals surface area (Å²) in [5.74, 6) is 0.172. The molecule has 0 radical (unpaired) electrons. The minimum absolute atomic E-state index is 0.172. The molecule has 0 bridgehead atoms. The number of aromatic hydroxyl groups is 1. The lowest BCUT2D eigenvalue weighted by molar-refractivity contribution is 0.459. The van der Waals surface area contributed by atoms with Crippen LogP contribution in [0.3, 0.4) is 0 Å². The van der Waals surface area contributed by atoms with Crippen LogP contribution >= 0.6 is 11.6 Å². The van der Waals surface area contributed by atoms with E-state index in [-0.39, 0.29) is 11.8 Å². The molecule has 1 atom stereocenters. The first-order chi connectivity index (χ1) is 6.15. The molecule has 0 saturated heterocycles. The van der Waals surface area contributed by atoms with Crippen molar-refractivity contribution in [1.82, 2.24) is 0 Å². The fraction of sp³-hybridized carbons (Fsp3) is 0.333. The Morgan fingerprint density at radius 2 is 2.15 bits per heavy atom. The summed E-state index contributed by atoms with van der Waals surface area (Å²) in [6, 6.07) is 4.57. The van der Waals surface area contributed by atoms with Crippen LogP contribution in [0.25, 0.3) is 0 Å². The molecule has 0 fully saturated rings. The summed E-state index contributed by atoms with van der Waals surface area (Å²) in [6.07, 6.45) is 0.633. The average molecular weight is 201 g/mol. The van der Waals surface area contributed by atoms with Gasteiger partial charge in [-0.3, -0.25) is 0 Å². The second-order valence-corrected chi connectivity index (χ2v) is 3.32. The monoisotopic (exact) mass is 200 g/mol. The molecule has 0 aliphatic rings. The predicted octanol–water partition coefficient (Wildman–Crippen LogP) is 1.39. The number of rotatable bonds is 3. The molecule has 13 heavy (non-hydrogen) atoms. The van der Waals surface area contributed by atoms with Crippen LogP contribution in [0.2, 0.25) is 5.02 Å². The molecular weight excluding hydrogens is 188 g/mol. The van der Waals surface area contributed by atoms with E-state index < -0.39 is 0 Å². The second kappa shape index (κ2) is 4.46. The third-order valence-corrected chi connectivity index (χ3v) is 2.10. The SMILES string of the molecule is NCC[C@@H](N)c1cc(Cl)ccc1O. The molecule has 1 rings (SSSR count). The lowest BCUT2D eigenvalue weighted by atomic mass is 10.0. The molecule has 0 aliphatic carbocycles. The van der Waals surface area contributed by atoms with Crippen LogP contribution in [-0.4, -0.2) is 11.7 Å². The van der Waals surface area contributed by atoms with Gasteiger partial charge >= 0.3 is 0 Å². The Morgan fingerprint density at radius 1 is 1.46 bits per heavy atom. The summed E-state index contributed by atoms with van der Waals surface area (Å²) in [6.45, 7) is 0.493. The minimum atomic E-state index is -0.247. The number of nitrogens with two attached hydrogens (primary N) is 2. The number of phenolic OH excluding ortho intramolecular Hbond substituents is 1. The average Bonchev–Trinajstić information content (AvgIpc) is 2.09. The normalized spacial score (nSPS) is 12.8. The van der Waals surface area contributed by atoms with Crippen LogP contribution in [0.4, 0.5) is 0 Å². The Morgan fingerprint density at radius 3 is 2.77 bits per heavy atom. The summed E-state index contributed by atoms with van der Waals surface area (Å²) in [4.78, 5) is 0. The topological polar surface area (TPSA) is 72.3 Å². The first-order valence-electron chi connectivity index (χ1n) is 4.09. The molecule has 3 nitrogen and oxygen atoms in total. The number of hydrogen-bond donors (Lipinski definition) is 3. The lowest BCUT2D eigenvalue weighted by Gasteiger charge is -2.12. The number of benzene rings is 1. The standard InChI is InChI=1S/C9H13ClN2O/c10-6-1-2-9(13)7(5-6)8(12)3-4-11/h1-2,5,8,13H,3-4,11-12H2/t8-/m1/s1. The summed E-state index contributed by atoms with van der Waals surface area (Å²) in [7, 11) is 0. The van der Waals surface area contributed by atoms with E-state index in [9.17, 15) is 5.11 Å². The molecule has 5 N–H and O–H groups in total. The van der Waals surface area contributed by atoms with Crippen molar-refractivity contribution >= 4 is 11.6 Å². The van der Waals surface area contributed by atoms with Crippen molar-refractivity contribution in [2.75, 3.05) is 6.54 Å². The van der Waals surface area contributed by atoms with Crippen molar-refractivity contribution in [2.45, 2.75) is 12.5 Å². The van der Waals surface area contributed by atoms with Crippen molar-refractivity contribution in [1.29, 1.82) is 0 Å². The molecular formula is C9H13ClN2O. The van der Waals surface area contributed by atoms with Crippen molar-refractivity contribution < 1.29 is 5.11 Å². The van der Waals surface area contributed by atoms with Gasteiger partial charge in [0.2, 0.25) is 0 Å². The van der Waals surface area contributed by atoms with Gasteiger partial charge in [0.05, 0.1) is 0 Å². The summed E-state index contributed by atoms with van der Waals surface area (Å²) in [5, 5.41) is 10.0. The van der Waals surface area contributed by atoms with E-state index in [1.165, 1.54) is 6.07 Å². The van der Waals surface area contributed by atoms with Gasteiger partial charge in [-0.2, -0.15) is 0 Å². The highest BCUT2D eigenvalue weighted by molar-refractivity contribution is 6.30. The third-order valence-electron chi connectivity index (χ3n) is 1.87. The van der Waals surface area contributed by atoms with Gasteiger partial charge in [0, 0.05) is 16.6 Å². The second-order valence-electron chi connectivity index (χ2n) is 2.89. The predicted molar refractivity (Wildman–Crippen MR) is 53.7 cm³/mol. The van der Waals surface area contributed by atoms with E-state index in [4.69, 9.17) is 23.1 Å². The van der Waals surface area contributed by atoms with Crippen molar-refractivity contribution in [3.8, 4) is 5.75 Å². The Hall–Kier alpha value is -0.770. The fourth-order valence-corrected chi connectivity index (χ4v) is 1.34. The molecule has 0 unspecified atom stereocenters. The zero-order valence-electron chi connectivity index (χ0n) is 7.20. The van der Waals surface area contributed by atoms with E-state index in [0.29, 0.717) is 23.6 Å². The Balaban J connectivity index is 2.91. The van der Waals surface area contributed by atoms with Crippen LogP contribution in [-0.2, 0) is 0 Å². The Labute approximate surface area is 82.3 Å². The molecule has 0 heterocycles. The minimum Gasteiger partial charge on any atom is -0.508 e. The molecule has 1 aromatic rings. The van der Waals surface area contributed by atoms with Crippen molar-refractivity contribution in [3.63, 3.8) is 0 Å². The summed E-state index contributed by atoms with van der Waals surface area (Å²) < 4.78 is 0. The maximum atomic E-state index is 9.45. The first-order valence-corrected chi connectivity index (χ1v) is 4.47. The van der Waals surface area contributed by atoms with Gasteiger partial charge in [-0.05, 0) is 31.2 Å². The molecule has 0 saturated carbocycles. The van der Waals surface area contributed by atoms with Crippen LogP contribution in [0, 0.1) is 0 Å². The highest BCUT2D eigenvalue weighted by Crippen LogP contribution is 2.27. The van der Waals surface area contributed by atoms with Gasteiger partial charge in [-0.25, -0.2) is 0 Å². The first kappa shape index (κ1) is 10.3. The maximum Gasteiger partial charge on any atom is 0.120 e. The van der Waals surface area contributed by atoms with Gasteiger partial charge in [-0.1, -0.05) is 11.6 Å². The van der Waals surface area contributed by atoms with Gasteiger partial charge < -0.3 is 16.6 Å². The maximum absolute atomic E-state index is 9.45. The Kier molecular flexibility index (Phi) is 3.54. The number of phenols is 1. The molecule has 72 valence electrons. The zero-order valence-corrected chi connectivity index (χ0v) is 7.96. The molecule has 1 aromatic carbocycles.